The molecule has 6 nitrogen and oxygen atoms in total. The van der Waals surface area contributed by atoms with Crippen LogP contribution in [0.3, 0.4) is 0 Å². The number of hydrogen-bond donors (Lipinski definition) is 4. The Bertz CT molecular complexity index is 488. The van der Waals surface area contributed by atoms with Crippen molar-refractivity contribution in [2.75, 3.05) is 0 Å². The maximum atomic E-state index is 11.6. The highest BCUT2D eigenvalue weighted by Crippen LogP contribution is 2.25. The minimum absolute atomic E-state index is 0.127. The van der Waals surface area contributed by atoms with Crippen LogP contribution >= 0.6 is 0 Å². The molecule has 0 saturated heterocycles. The number of allylic oxidation sites excluding steroid dienone is 1. The maximum Gasteiger partial charge on any atom is 0.345 e. The summed E-state index contributed by atoms with van der Waals surface area (Å²) in [6, 6.07) is 1.15. The third kappa shape index (κ3) is 2.98. The minimum atomic E-state index is -1.72. The van der Waals surface area contributed by atoms with E-state index in [0.717, 1.165) is 6.07 Å². The summed E-state index contributed by atoms with van der Waals surface area (Å²) in [4.78, 5) is 11.6. The average Bonchev–Trinajstić information content (AvgIpc) is 2.27. The molecule has 1 heterocycles. The topological polar surface area (TPSA) is 111 Å². The number of aliphatic hydroxyl groups excluding tert-OH is 3. The number of aromatic hydroxyl groups is 1. The lowest BCUT2D eigenvalue weighted by molar-refractivity contribution is -0.0550. The zero-order valence-electron chi connectivity index (χ0n) is 10.1. The Morgan fingerprint density at radius 2 is 1.94 bits per heavy atom. The van der Waals surface area contributed by atoms with Crippen molar-refractivity contribution < 1.29 is 24.8 Å². The normalized spacial score (nSPS) is 16.7. The fraction of sp³-hybridized carbons (Fsp3) is 0.417. The summed E-state index contributed by atoms with van der Waals surface area (Å²) < 4.78 is 4.83. The van der Waals surface area contributed by atoms with Gasteiger partial charge in [0.25, 0.3) is 0 Å². The molecule has 0 aliphatic rings. The molecule has 18 heavy (non-hydrogen) atoms. The summed E-state index contributed by atoms with van der Waals surface area (Å²) in [7, 11) is 0. The fourth-order valence-electron chi connectivity index (χ4n) is 1.46. The van der Waals surface area contributed by atoms with Gasteiger partial charge in [-0.05, 0) is 19.9 Å². The molecule has 100 valence electrons. The van der Waals surface area contributed by atoms with Crippen LogP contribution in [0.25, 0.3) is 6.08 Å². The van der Waals surface area contributed by atoms with Crippen LogP contribution in [0.5, 0.6) is 5.75 Å². The van der Waals surface area contributed by atoms with E-state index >= 15 is 0 Å². The summed E-state index contributed by atoms with van der Waals surface area (Å²) in [5, 5.41) is 37.9. The van der Waals surface area contributed by atoms with Crippen LogP contribution in [-0.4, -0.2) is 32.6 Å². The molecule has 3 atom stereocenters. The van der Waals surface area contributed by atoms with Gasteiger partial charge in [0.05, 0.1) is 6.10 Å². The number of hydrogen-bond acceptors (Lipinski definition) is 6. The summed E-state index contributed by atoms with van der Waals surface area (Å²) in [6.07, 6.45) is -1.50. The van der Waals surface area contributed by atoms with Gasteiger partial charge in [0, 0.05) is 6.07 Å². The van der Waals surface area contributed by atoms with E-state index in [2.05, 4.69) is 0 Å². The van der Waals surface area contributed by atoms with Gasteiger partial charge in [0.15, 0.2) is 0 Å². The molecule has 6 heteroatoms. The SMILES string of the molecule is CC=Cc1cc(O)c(C(O)C(O)C(C)O)c(=O)o1. The van der Waals surface area contributed by atoms with Crippen molar-refractivity contribution in [3.63, 3.8) is 0 Å². The molecule has 4 N–H and O–H groups in total. The molecule has 0 amide bonds. The van der Waals surface area contributed by atoms with Crippen LogP contribution in [-0.2, 0) is 0 Å². The van der Waals surface area contributed by atoms with Crippen molar-refractivity contribution in [2.45, 2.75) is 32.2 Å². The third-order valence-electron chi connectivity index (χ3n) is 2.43. The second-order valence-electron chi connectivity index (χ2n) is 3.91. The van der Waals surface area contributed by atoms with Gasteiger partial charge in [-0.1, -0.05) is 6.08 Å². The molecule has 0 fully saturated rings. The van der Waals surface area contributed by atoms with Crippen LogP contribution in [0, 0.1) is 0 Å². The highest BCUT2D eigenvalue weighted by Gasteiger charge is 2.28. The van der Waals surface area contributed by atoms with E-state index < -0.39 is 35.3 Å². The average molecular weight is 256 g/mol. The van der Waals surface area contributed by atoms with Gasteiger partial charge in [-0.15, -0.1) is 0 Å². The lowest BCUT2D eigenvalue weighted by atomic mass is 10.0. The molecule has 0 radical (unpaired) electrons. The lowest BCUT2D eigenvalue weighted by Crippen LogP contribution is -2.32. The molecule has 0 saturated carbocycles. The van der Waals surface area contributed by atoms with Gasteiger partial charge in [-0.25, -0.2) is 4.79 Å². The second-order valence-corrected chi connectivity index (χ2v) is 3.91. The molecule has 1 aromatic rings. The van der Waals surface area contributed by atoms with Gasteiger partial charge < -0.3 is 24.8 Å². The first-order valence-electron chi connectivity index (χ1n) is 5.42. The van der Waals surface area contributed by atoms with Gasteiger partial charge in [0.1, 0.15) is 29.3 Å². The second kappa shape index (κ2) is 5.81. The summed E-state index contributed by atoms with van der Waals surface area (Å²) in [6.45, 7) is 2.96. The third-order valence-corrected chi connectivity index (χ3v) is 2.43. The Labute approximate surface area is 103 Å². The standard InChI is InChI=1S/C12H16O6/c1-3-4-7-5-8(14)9(12(17)18-7)11(16)10(15)6(2)13/h3-6,10-11,13-16H,1-2H3. The highest BCUT2D eigenvalue weighted by molar-refractivity contribution is 5.46. The van der Waals surface area contributed by atoms with Crippen LogP contribution in [0.4, 0.5) is 0 Å². The molecular weight excluding hydrogens is 240 g/mol. The van der Waals surface area contributed by atoms with E-state index in [9.17, 15) is 20.1 Å². The van der Waals surface area contributed by atoms with Crippen molar-refractivity contribution in [2.24, 2.45) is 0 Å². The lowest BCUT2D eigenvalue weighted by Gasteiger charge is -2.20. The Hall–Kier alpha value is -1.63. The molecular formula is C12H16O6. The van der Waals surface area contributed by atoms with Crippen LogP contribution in [0.1, 0.15) is 31.3 Å². The van der Waals surface area contributed by atoms with E-state index in [1.165, 1.54) is 13.0 Å². The predicted molar refractivity (Wildman–Crippen MR) is 64.0 cm³/mol. The maximum absolute atomic E-state index is 11.6. The van der Waals surface area contributed by atoms with Gasteiger partial charge in [-0.3, -0.25) is 0 Å². The molecule has 1 rings (SSSR count). The summed E-state index contributed by atoms with van der Waals surface area (Å²) >= 11 is 0. The van der Waals surface area contributed by atoms with Crippen molar-refractivity contribution in [1.29, 1.82) is 0 Å². The van der Waals surface area contributed by atoms with Gasteiger partial charge in [-0.2, -0.15) is 0 Å². The smallest absolute Gasteiger partial charge is 0.345 e. The molecule has 0 aliphatic heterocycles. The van der Waals surface area contributed by atoms with Crippen LogP contribution < -0.4 is 5.63 Å². The van der Waals surface area contributed by atoms with Crippen molar-refractivity contribution in [3.05, 3.63) is 33.9 Å². The van der Waals surface area contributed by atoms with Crippen molar-refractivity contribution in [1.82, 2.24) is 0 Å². The van der Waals surface area contributed by atoms with Crippen molar-refractivity contribution >= 4 is 6.08 Å². The summed E-state index contributed by atoms with van der Waals surface area (Å²) in [5.74, 6) is -0.367. The van der Waals surface area contributed by atoms with Gasteiger partial charge in [0.2, 0.25) is 0 Å². The van der Waals surface area contributed by atoms with E-state index in [-0.39, 0.29) is 5.76 Å². The number of aliphatic hydroxyl groups is 3. The molecule has 1 aromatic heterocycles. The summed E-state index contributed by atoms with van der Waals surface area (Å²) in [5.41, 5.74) is -1.44. The Kier molecular flexibility index (Phi) is 4.66. The Morgan fingerprint density at radius 1 is 1.33 bits per heavy atom. The van der Waals surface area contributed by atoms with Gasteiger partial charge >= 0.3 is 5.63 Å². The zero-order valence-corrected chi connectivity index (χ0v) is 10.1. The Morgan fingerprint density at radius 3 is 2.39 bits per heavy atom. The fourth-order valence-corrected chi connectivity index (χ4v) is 1.46. The van der Waals surface area contributed by atoms with E-state index in [0.29, 0.717) is 0 Å². The number of rotatable bonds is 4. The first-order valence-corrected chi connectivity index (χ1v) is 5.42. The molecule has 0 aliphatic carbocycles. The van der Waals surface area contributed by atoms with E-state index in [1.54, 1.807) is 13.0 Å². The largest absolute Gasteiger partial charge is 0.507 e. The monoisotopic (exact) mass is 256 g/mol. The first-order chi connectivity index (χ1) is 8.38. The van der Waals surface area contributed by atoms with E-state index in [4.69, 9.17) is 9.52 Å². The molecule has 0 spiro atoms. The quantitative estimate of drug-likeness (QED) is 0.610. The molecule has 0 aromatic carbocycles. The Balaban J connectivity index is 3.22. The van der Waals surface area contributed by atoms with Crippen molar-refractivity contribution in [3.8, 4) is 5.75 Å². The van der Waals surface area contributed by atoms with Crippen LogP contribution in [0.2, 0.25) is 0 Å². The predicted octanol–water partition coefficient (Wildman–Crippen LogP) is 0.154. The highest BCUT2D eigenvalue weighted by atomic mass is 16.4. The zero-order chi connectivity index (χ0) is 13.9. The minimum Gasteiger partial charge on any atom is -0.507 e. The van der Waals surface area contributed by atoms with Crippen LogP contribution in [0.15, 0.2) is 21.4 Å². The first kappa shape index (κ1) is 14.4. The molecule has 0 bridgehead atoms. The molecule has 3 unspecified atom stereocenters. The van der Waals surface area contributed by atoms with E-state index in [1.807, 2.05) is 0 Å².